The molecule has 0 spiro atoms. The van der Waals surface area contributed by atoms with Gasteiger partial charge in [0.1, 0.15) is 0 Å². The van der Waals surface area contributed by atoms with Gasteiger partial charge in [0.15, 0.2) is 5.89 Å². The van der Waals surface area contributed by atoms with E-state index in [1.807, 2.05) is 36.6 Å². The van der Waals surface area contributed by atoms with Gasteiger partial charge in [0.05, 0.1) is 5.69 Å². The van der Waals surface area contributed by atoms with E-state index >= 15 is 0 Å². The Morgan fingerprint density at radius 3 is 2.62 bits per heavy atom. The zero-order valence-electron chi connectivity index (χ0n) is 17.0. The van der Waals surface area contributed by atoms with Crippen molar-refractivity contribution in [1.82, 2.24) is 14.8 Å². The van der Waals surface area contributed by atoms with Crippen LogP contribution in [-0.4, -0.2) is 70.7 Å². The summed E-state index contributed by atoms with van der Waals surface area (Å²) in [5.41, 5.74) is 0.701. The number of hydrogen-bond acceptors (Lipinski definition) is 6. The van der Waals surface area contributed by atoms with Crippen molar-refractivity contribution in [3.05, 3.63) is 47.7 Å². The molecule has 7 nitrogen and oxygen atoms in total. The third-order valence-electron chi connectivity index (χ3n) is 4.63. The predicted octanol–water partition coefficient (Wildman–Crippen LogP) is 3.19. The number of carbonyl (C=O) groups excluding carboxylic acids is 1. The van der Waals surface area contributed by atoms with Crippen LogP contribution in [0.3, 0.4) is 0 Å². The fraction of sp³-hybridized carbons (Fsp3) is 0.476. The minimum atomic E-state index is -0.250. The van der Waals surface area contributed by atoms with Gasteiger partial charge in [-0.05, 0) is 32.0 Å². The van der Waals surface area contributed by atoms with Crippen LogP contribution in [0, 0.1) is 6.92 Å². The third kappa shape index (κ3) is 7.21. The molecule has 0 radical (unpaired) electrons. The van der Waals surface area contributed by atoms with Crippen molar-refractivity contribution in [3.8, 4) is 0 Å². The quantitative estimate of drug-likeness (QED) is 0.568. The molecule has 0 unspecified atom stereocenters. The second-order valence-electron chi connectivity index (χ2n) is 6.63. The minimum absolute atomic E-state index is 0.0183. The summed E-state index contributed by atoms with van der Waals surface area (Å²) in [5, 5.41) is 6.89. The Kier molecular flexibility index (Phi) is 9.73. The highest BCUT2D eigenvalue weighted by atomic mass is 32.2. The Morgan fingerprint density at radius 1 is 1.24 bits per heavy atom. The fourth-order valence-electron chi connectivity index (χ4n) is 3.15. The van der Waals surface area contributed by atoms with E-state index in [0.29, 0.717) is 23.8 Å². The SMILES string of the molecule is CCc1nc(C)c(C(=O)N2CCCN(CCSc3ccccc3)CC2)o1.O=CO. The maximum absolute atomic E-state index is 12.8. The van der Waals surface area contributed by atoms with Crippen LogP contribution in [0.4, 0.5) is 0 Å². The molecule has 1 N–H and O–H groups in total. The largest absolute Gasteiger partial charge is 0.483 e. The van der Waals surface area contributed by atoms with E-state index in [1.165, 1.54) is 4.90 Å². The maximum Gasteiger partial charge on any atom is 0.291 e. The van der Waals surface area contributed by atoms with Gasteiger partial charge in [0, 0.05) is 43.2 Å². The molecule has 0 atom stereocenters. The number of amides is 1. The van der Waals surface area contributed by atoms with E-state index in [-0.39, 0.29) is 12.4 Å². The summed E-state index contributed by atoms with van der Waals surface area (Å²) in [6.45, 7) is 8.10. The van der Waals surface area contributed by atoms with Gasteiger partial charge in [-0.15, -0.1) is 11.8 Å². The molecule has 0 aliphatic carbocycles. The lowest BCUT2D eigenvalue weighted by Crippen LogP contribution is -2.35. The van der Waals surface area contributed by atoms with E-state index in [1.54, 1.807) is 0 Å². The van der Waals surface area contributed by atoms with Gasteiger partial charge in [0.2, 0.25) is 5.76 Å². The second-order valence-corrected chi connectivity index (χ2v) is 7.80. The summed E-state index contributed by atoms with van der Waals surface area (Å²) < 4.78 is 5.64. The monoisotopic (exact) mass is 419 g/mol. The van der Waals surface area contributed by atoms with Gasteiger partial charge in [-0.2, -0.15) is 0 Å². The van der Waals surface area contributed by atoms with Gasteiger partial charge in [-0.3, -0.25) is 9.59 Å². The van der Waals surface area contributed by atoms with Gasteiger partial charge in [0.25, 0.3) is 12.4 Å². The molecule has 1 fully saturated rings. The van der Waals surface area contributed by atoms with Crippen molar-refractivity contribution in [2.24, 2.45) is 0 Å². The van der Waals surface area contributed by atoms with E-state index < -0.39 is 0 Å². The van der Waals surface area contributed by atoms with E-state index in [4.69, 9.17) is 14.3 Å². The van der Waals surface area contributed by atoms with Crippen LogP contribution in [0.1, 0.15) is 35.5 Å². The Labute approximate surface area is 176 Å². The van der Waals surface area contributed by atoms with Crippen molar-refractivity contribution < 1.29 is 19.1 Å². The number of aromatic nitrogens is 1. The Hall–Kier alpha value is -2.32. The van der Waals surface area contributed by atoms with Gasteiger partial charge < -0.3 is 19.3 Å². The van der Waals surface area contributed by atoms with Crippen LogP contribution in [0.5, 0.6) is 0 Å². The summed E-state index contributed by atoms with van der Waals surface area (Å²) in [4.78, 5) is 31.1. The molecular weight excluding hydrogens is 390 g/mol. The normalized spacial score (nSPS) is 14.6. The van der Waals surface area contributed by atoms with Crippen LogP contribution < -0.4 is 0 Å². The molecule has 2 heterocycles. The smallest absolute Gasteiger partial charge is 0.291 e. The van der Waals surface area contributed by atoms with Crippen molar-refractivity contribution in [2.75, 3.05) is 38.5 Å². The molecule has 29 heavy (non-hydrogen) atoms. The average molecular weight is 420 g/mol. The Morgan fingerprint density at radius 2 is 1.97 bits per heavy atom. The van der Waals surface area contributed by atoms with E-state index in [9.17, 15) is 4.79 Å². The number of thioether (sulfide) groups is 1. The van der Waals surface area contributed by atoms with Crippen molar-refractivity contribution in [3.63, 3.8) is 0 Å². The number of rotatable bonds is 6. The minimum Gasteiger partial charge on any atom is -0.483 e. The number of nitrogens with zero attached hydrogens (tertiary/aromatic N) is 3. The fourth-order valence-corrected chi connectivity index (χ4v) is 4.09. The van der Waals surface area contributed by atoms with Crippen LogP contribution in [0.25, 0.3) is 0 Å². The standard InChI is InChI=1S/C20H27N3O2S.CH2O2/c1-3-18-21-16(2)19(25-18)20(24)23-11-7-10-22(12-13-23)14-15-26-17-8-5-4-6-9-17;2-1-3/h4-6,8-9H,3,7,10-15H2,1-2H3;1H,(H,2,3). The number of carbonyl (C=O) groups is 2. The molecule has 158 valence electrons. The molecule has 1 aromatic heterocycles. The van der Waals surface area contributed by atoms with Crippen molar-refractivity contribution in [2.45, 2.75) is 31.6 Å². The Bertz CT molecular complexity index is 767. The second kappa shape index (κ2) is 12.3. The lowest BCUT2D eigenvalue weighted by atomic mass is 10.3. The van der Waals surface area contributed by atoms with Gasteiger partial charge >= 0.3 is 0 Å². The summed E-state index contributed by atoms with van der Waals surface area (Å²) in [5.74, 6) is 2.10. The number of aryl methyl sites for hydroxylation is 2. The van der Waals surface area contributed by atoms with Gasteiger partial charge in [-0.1, -0.05) is 25.1 Å². The first-order valence-electron chi connectivity index (χ1n) is 9.82. The first-order valence-corrected chi connectivity index (χ1v) is 10.8. The molecule has 1 aliphatic heterocycles. The summed E-state index contributed by atoms with van der Waals surface area (Å²) >= 11 is 1.89. The predicted molar refractivity (Wildman–Crippen MR) is 113 cm³/mol. The lowest BCUT2D eigenvalue weighted by molar-refractivity contribution is -0.122. The van der Waals surface area contributed by atoms with Crippen LogP contribution in [-0.2, 0) is 11.2 Å². The van der Waals surface area contributed by atoms with Crippen molar-refractivity contribution >= 4 is 24.1 Å². The molecule has 1 aliphatic rings. The lowest BCUT2D eigenvalue weighted by Gasteiger charge is -2.21. The van der Waals surface area contributed by atoms with Crippen LogP contribution in [0.2, 0.25) is 0 Å². The molecule has 1 amide bonds. The molecule has 0 bridgehead atoms. The number of oxazole rings is 1. The molecule has 1 saturated heterocycles. The first kappa shape index (κ1) is 23.0. The highest BCUT2D eigenvalue weighted by Crippen LogP contribution is 2.18. The highest BCUT2D eigenvalue weighted by Gasteiger charge is 2.25. The molecule has 1 aromatic carbocycles. The Balaban J connectivity index is 0.000000941. The van der Waals surface area contributed by atoms with Crippen LogP contribution >= 0.6 is 11.8 Å². The first-order chi connectivity index (χ1) is 14.1. The average Bonchev–Trinajstić information content (AvgIpc) is 2.95. The zero-order valence-corrected chi connectivity index (χ0v) is 17.9. The summed E-state index contributed by atoms with van der Waals surface area (Å²) in [7, 11) is 0. The zero-order chi connectivity index (χ0) is 21.1. The van der Waals surface area contributed by atoms with E-state index in [2.05, 4.69) is 34.1 Å². The summed E-state index contributed by atoms with van der Waals surface area (Å²) in [6.07, 6.45) is 1.70. The highest BCUT2D eigenvalue weighted by molar-refractivity contribution is 7.99. The molecular formula is C21H29N3O4S. The summed E-state index contributed by atoms with van der Waals surface area (Å²) in [6, 6.07) is 10.5. The molecule has 3 rings (SSSR count). The molecule has 8 heteroatoms. The topological polar surface area (TPSA) is 86.9 Å². The van der Waals surface area contributed by atoms with E-state index in [0.717, 1.165) is 44.9 Å². The number of benzene rings is 1. The van der Waals surface area contributed by atoms with Gasteiger partial charge in [-0.25, -0.2) is 4.98 Å². The van der Waals surface area contributed by atoms with Crippen LogP contribution in [0.15, 0.2) is 39.6 Å². The third-order valence-corrected chi connectivity index (χ3v) is 5.62. The maximum atomic E-state index is 12.8. The molecule has 0 saturated carbocycles. The molecule has 2 aromatic rings. The number of hydrogen-bond donors (Lipinski definition) is 1. The van der Waals surface area contributed by atoms with Crippen molar-refractivity contribution in [1.29, 1.82) is 0 Å². The number of carboxylic acid groups (broad SMARTS) is 1.